The van der Waals surface area contributed by atoms with E-state index in [0.29, 0.717) is 24.5 Å². The van der Waals surface area contributed by atoms with Gasteiger partial charge in [-0.05, 0) is 43.3 Å². The molecule has 1 aliphatic rings. The van der Waals surface area contributed by atoms with Gasteiger partial charge in [0.2, 0.25) is 0 Å². The number of hydrogen-bond acceptors (Lipinski definition) is 6. The molecule has 3 rings (SSSR count). The van der Waals surface area contributed by atoms with Crippen LogP contribution in [0.3, 0.4) is 0 Å². The lowest BCUT2D eigenvalue weighted by molar-refractivity contribution is 0.104. The van der Waals surface area contributed by atoms with Crippen LogP contribution in [-0.4, -0.2) is 57.0 Å². The Morgan fingerprint density at radius 1 is 1.00 bits per heavy atom. The SMILES string of the molecule is CCOC(=O)Oc1ccc(NC(=O)N2CCN(c3ccccc3OC)CC2)cc1. The molecule has 1 N–H and O–H groups in total. The Kier molecular flexibility index (Phi) is 6.78. The van der Waals surface area contributed by atoms with E-state index in [4.69, 9.17) is 14.2 Å². The molecule has 0 aromatic heterocycles. The second-order valence-corrected chi connectivity index (χ2v) is 6.39. The zero-order chi connectivity index (χ0) is 20.6. The van der Waals surface area contributed by atoms with Crippen LogP contribution in [0, 0.1) is 0 Å². The van der Waals surface area contributed by atoms with Crippen LogP contribution in [0.5, 0.6) is 11.5 Å². The van der Waals surface area contributed by atoms with Crippen molar-refractivity contribution in [1.29, 1.82) is 0 Å². The van der Waals surface area contributed by atoms with Crippen molar-refractivity contribution in [2.75, 3.05) is 50.1 Å². The lowest BCUT2D eigenvalue weighted by Gasteiger charge is -2.36. The summed E-state index contributed by atoms with van der Waals surface area (Å²) in [5.74, 6) is 1.18. The third-order valence-electron chi connectivity index (χ3n) is 4.56. The van der Waals surface area contributed by atoms with Crippen molar-refractivity contribution in [2.24, 2.45) is 0 Å². The van der Waals surface area contributed by atoms with Gasteiger partial charge in [-0.2, -0.15) is 0 Å². The molecule has 8 nitrogen and oxygen atoms in total. The molecular formula is C21H25N3O5. The van der Waals surface area contributed by atoms with Gasteiger partial charge in [-0.3, -0.25) is 0 Å². The molecule has 1 fully saturated rings. The topological polar surface area (TPSA) is 80.3 Å². The highest BCUT2D eigenvalue weighted by Crippen LogP contribution is 2.28. The predicted molar refractivity (Wildman–Crippen MR) is 110 cm³/mol. The maximum atomic E-state index is 12.5. The number of methoxy groups -OCH3 is 1. The van der Waals surface area contributed by atoms with Crippen LogP contribution >= 0.6 is 0 Å². The summed E-state index contributed by atoms with van der Waals surface area (Å²) in [6.07, 6.45) is -0.753. The number of carbonyl (C=O) groups excluding carboxylic acids is 2. The first-order chi connectivity index (χ1) is 14.1. The Bertz CT molecular complexity index is 832. The van der Waals surface area contributed by atoms with Gasteiger partial charge in [0.05, 0.1) is 19.4 Å². The molecule has 2 amide bonds. The fourth-order valence-corrected chi connectivity index (χ4v) is 3.09. The smallest absolute Gasteiger partial charge is 0.495 e. The van der Waals surface area contributed by atoms with E-state index in [1.807, 2.05) is 24.3 Å². The van der Waals surface area contributed by atoms with E-state index in [9.17, 15) is 9.59 Å². The molecule has 0 aliphatic carbocycles. The highest BCUT2D eigenvalue weighted by Gasteiger charge is 2.23. The molecule has 29 heavy (non-hydrogen) atoms. The van der Waals surface area contributed by atoms with Crippen molar-refractivity contribution >= 4 is 23.6 Å². The van der Waals surface area contributed by atoms with Crippen LogP contribution in [-0.2, 0) is 4.74 Å². The van der Waals surface area contributed by atoms with Crippen molar-refractivity contribution in [3.8, 4) is 11.5 Å². The maximum Gasteiger partial charge on any atom is 0.513 e. The average Bonchev–Trinajstić information content (AvgIpc) is 2.75. The number of amides is 2. The first-order valence-corrected chi connectivity index (χ1v) is 9.49. The van der Waals surface area contributed by atoms with E-state index in [1.165, 1.54) is 0 Å². The summed E-state index contributed by atoms with van der Waals surface area (Å²) in [7, 11) is 1.66. The minimum absolute atomic E-state index is 0.163. The number of para-hydroxylation sites is 2. The van der Waals surface area contributed by atoms with Crippen molar-refractivity contribution in [1.82, 2.24) is 4.90 Å². The van der Waals surface area contributed by atoms with Crippen molar-refractivity contribution < 1.29 is 23.8 Å². The number of ether oxygens (including phenoxy) is 3. The normalized spacial score (nSPS) is 13.6. The second kappa shape index (κ2) is 9.68. The molecule has 1 aliphatic heterocycles. The summed E-state index contributed by atoms with van der Waals surface area (Å²) in [6, 6.07) is 14.3. The summed E-state index contributed by atoms with van der Waals surface area (Å²) in [6.45, 7) is 4.61. The molecule has 8 heteroatoms. The molecular weight excluding hydrogens is 374 g/mol. The number of piperazine rings is 1. The molecule has 0 bridgehead atoms. The molecule has 1 saturated heterocycles. The minimum Gasteiger partial charge on any atom is -0.495 e. The number of nitrogens with one attached hydrogen (secondary N) is 1. The standard InChI is InChI=1S/C21H25N3O5/c1-3-28-21(26)29-17-10-8-16(9-11-17)22-20(25)24-14-12-23(13-15-24)18-6-4-5-7-19(18)27-2/h4-11H,3,12-15H2,1-2H3,(H,22,25). The van der Waals surface area contributed by atoms with Gasteiger partial charge in [0.1, 0.15) is 11.5 Å². The van der Waals surface area contributed by atoms with E-state index in [2.05, 4.69) is 10.2 Å². The molecule has 0 atom stereocenters. The van der Waals surface area contributed by atoms with Gasteiger partial charge in [-0.15, -0.1) is 0 Å². The summed E-state index contributed by atoms with van der Waals surface area (Å²) in [5.41, 5.74) is 1.66. The Hall–Kier alpha value is -3.42. The highest BCUT2D eigenvalue weighted by atomic mass is 16.7. The quantitative estimate of drug-likeness (QED) is 0.611. The molecule has 0 radical (unpaired) electrons. The monoisotopic (exact) mass is 399 g/mol. The van der Waals surface area contributed by atoms with Crippen LogP contribution in [0.1, 0.15) is 6.92 Å². The molecule has 1 heterocycles. The summed E-state index contributed by atoms with van der Waals surface area (Å²) in [4.78, 5) is 27.9. The Balaban J connectivity index is 1.51. The van der Waals surface area contributed by atoms with Crippen LogP contribution < -0.4 is 19.7 Å². The minimum atomic E-state index is -0.753. The largest absolute Gasteiger partial charge is 0.513 e. The summed E-state index contributed by atoms with van der Waals surface area (Å²) >= 11 is 0. The Morgan fingerprint density at radius 2 is 1.69 bits per heavy atom. The van der Waals surface area contributed by atoms with Gasteiger partial charge < -0.3 is 29.3 Å². The van der Waals surface area contributed by atoms with E-state index in [-0.39, 0.29) is 12.6 Å². The fraction of sp³-hybridized carbons (Fsp3) is 0.333. The van der Waals surface area contributed by atoms with Gasteiger partial charge in [0.25, 0.3) is 0 Å². The highest BCUT2D eigenvalue weighted by molar-refractivity contribution is 5.89. The van der Waals surface area contributed by atoms with Crippen molar-refractivity contribution in [3.63, 3.8) is 0 Å². The van der Waals surface area contributed by atoms with Gasteiger partial charge in [0, 0.05) is 31.9 Å². The number of rotatable bonds is 5. The summed E-state index contributed by atoms with van der Waals surface area (Å²) < 4.78 is 15.2. The molecule has 154 valence electrons. The summed E-state index contributed by atoms with van der Waals surface area (Å²) in [5, 5.41) is 2.87. The van der Waals surface area contributed by atoms with E-state index in [1.54, 1.807) is 43.2 Å². The molecule has 2 aromatic carbocycles. The predicted octanol–water partition coefficient (Wildman–Crippen LogP) is 3.58. The molecule has 0 unspecified atom stereocenters. The first-order valence-electron chi connectivity index (χ1n) is 9.49. The Labute approximate surface area is 170 Å². The van der Waals surface area contributed by atoms with Crippen LogP contribution in [0.4, 0.5) is 21.0 Å². The zero-order valence-electron chi connectivity index (χ0n) is 16.6. The number of hydrogen-bond donors (Lipinski definition) is 1. The number of nitrogens with zero attached hydrogens (tertiary/aromatic N) is 2. The first kappa shape index (κ1) is 20.3. The van der Waals surface area contributed by atoms with Crippen molar-refractivity contribution in [2.45, 2.75) is 6.92 Å². The third kappa shape index (κ3) is 5.31. The third-order valence-corrected chi connectivity index (χ3v) is 4.56. The lowest BCUT2D eigenvalue weighted by Crippen LogP contribution is -2.50. The van der Waals surface area contributed by atoms with Crippen LogP contribution in [0.2, 0.25) is 0 Å². The molecule has 0 spiro atoms. The Morgan fingerprint density at radius 3 is 2.34 bits per heavy atom. The van der Waals surface area contributed by atoms with Gasteiger partial charge in [-0.1, -0.05) is 12.1 Å². The maximum absolute atomic E-state index is 12.5. The van der Waals surface area contributed by atoms with Gasteiger partial charge in [0.15, 0.2) is 0 Å². The van der Waals surface area contributed by atoms with E-state index in [0.717, 1.165) is 24.5 Å². The number of anilines is 2. The van der Waals surface area contributed by atoms with Crippen LogP contribution in [0.15, 0.2) is 48.5 Å². The zero-order valence-corrected chi connectivity index (χ0v) is 16.6. The van der Waals surface area contributed by atoms with Gasteiger partial charge in [-0.25, -0.2) is 9.59 Å². The lowest BCUT2D eigenvalue weighted by atomic mass is 10.2. The number of benzene rings is 2. The van der Waals surface area contributed by atoms with E-state index < -0.39 is 6.16 Å². The molecule has 2 aromatic rings. The number of urea groups is 1. The van der Waals surface area contributed by atoms with Gasteiger partial charge >= 0.3 is 12.2 Å². The fourth-order valence-electron chi connectivity index (χ4n) is 3.09. The molecule has 0 saturated carbocycles. The van der Waals surface area contributed by atoms with Crippen molar-refractivity contribution in [3.05, 3.63) is 48.5 Å². The average molecular weight is 399 g/mol. The second-order valence-electron chi connectivity index (χ2n) is 6.39. The van der Waals surface area contributed by atoms with Crippen LogP contribution in [0.25, 0.3) is 0 Å². The van der Waals surface area contributed by atoms with E-state index >= 15 is 0 Å². The number of carbonyl (C=O) groups is 2.